The van der Waals surface area contributed by atoms with Crippen LogP contribution in [0.4, 0.5) is 11.4 Å². The summed E-state index contributed by atoms with van der Waals surface area (Å²) in [5.74, 6) is -0.845. The molecule has 1 heterocycles. The van der Waals surface area contributed by atoms with Gasteiger partial charge in [0.25, 0.3) is 11.6 Å². The van der Waals surface area contributed by atoms with E-state index in [4.69, 9.17) is 23.2 Å². The predicted octanol–water partition coefficient (Wildman–Crippen LogP) is 4.87. The normalized spacial score (nSPS) is 10.8. The van der Waals surface area contributed by atoms with Crippen molar-refractivity contribution in [3.8, 4) is 0 Å². The minimum absolute atomic E-state index is 0.119. The number of nitro benzene ring substituents is 1. The summed E-state index contributed by atoms with van der Waals surface area (Å²) in [7, 11) is 0. The zero-order chi connectivity index (χ0) is 21.8. The summed E-state index contributed by atoms with van der Waals surface area (Å²) in [5, 5.41) is 14.9. The van der Waals surface area contributed by atoms with E-state index in [-0.39, 0.29) is 17.8 Å². The van der Waals surface area contributed by atoms with Crippen molar-refractivity contribution in [2.75, 3.05) is 18.4 Å². The van der Waals surface area contributed by atoms with E-state index in [2.05, 4.69) is 10.3 Å². The largest absolute Gasteiger partial charge is 0.360 e. The number of halogens is 2. The number of rotatable bonds is 7. The number of nitrogens with zero attached hydrogens (tertiary/aromatic N) is 2. The van der Waals surface area contributed by atoms with Gasteiger partial charge in [-0.3, -0.25) is 19.7 Å². The number of fused-ring (bicyclic) bond motifs is 1. The van der Waals surface area contributed by atoms with Crippen molar-refractivity contribution < 1.29 is 14.5 Å². The second-order valence-corrected chi connectivity index (χ2v) is 7.43. The van der Waals surface area contributed by atoms with Gasteiger partial charge in [-0.05, 0) is 30.7 Å². The number of nitro groups is 1. The molecule has 2 aromatic carbocycles. The van der Waals surface area contributed by atoms with Crippen molar-refractivity contribution in [3.63, 3.8) is 0 Å². The SMILES string of the molecule is CCCN(CC(=O)Nc1cc(Cl)ccc1Cl)C(=O)c1c[nH]c2ccc([N+](=O)[O-])cc12. The Labute approximate surface area is 181 Å². The Morgan fingerprint density at radius 3 is 2.67 bits per heavy atom. The van der Waals surface area contributed by atoms with Crippen LogP contribution in [0.15, 0.2) is 42.6 Å². The number of aromatic amines is 1. The van der Waals surface area contributed by atoms with Crippen molar-refractivity contribution in [1.29, 1.82) is 0 Å². The van der Waals surface area contributed by atoms with Crippen molar-refractivity contribution in [3.05, 3.63) is 68.3 Å². The Morgan fingerprint density at radius 2 is 1.97 bits per heavy atom. The predicted molar refractivity (Wildman–Crippen MR) is 116 cm³/mol. The van der Waals surface area contributed by atoms with Crippen LogP contribution >= 0.6 is 23.2 Å². The van der Waals surface area contributed by atoms with E-state index in [0.717, 1.165) is 0 Å². The number of aromatic nitrogens is 1. The first-order chi connectivity index (χ1) is 14.3. The maximum absolute atomic E-state index is 13.1. The lowest BCUT2D eigenvalue weighted by molar-refractivity contribution is -0.384. The zero-order valence-electron chi connectivity index (χ0n) is 15.9. The topological polar surface area (TPSA) is 108 Å². The molecule has 0 spiro atoms. The summed E-state index contributed by atoms with van der Waals surface area (Å²) in [6.45, 7) is 2.00. The molecule has 0 aliphatic carbocycles. The lowest BCUT2D eigenvalue weighted by atomic mass is 10.1. The van der Waals surface area contributed by atoms with Gasteiger partial charge in [-0.1, -0.05) is 30.1 Å². The van der Waals surface area contributed by atoms with Gasteiger partial charge in [0.05, 0.1) is 21.2 Å². The zero-order valence-corrected chi connectivity index (χ0v) is 17.5. The molecule has 0 aliphatic heterocycles. The third kappa shape index (κ3) is 4.72. The molecular formula is C20H18Cl2N4O4. The van der Waals surface area contributed by atoms with Gasteiger partial charge in [-0.25, -0.2) is 0 Å². The van der Waals surface area contributed by atoms with Gasteiger partial charge in [0.15, 0.2) is 0 Å². The van der Waals surface area contributed by atoms with Gasteiger partial charge in [-0.2, -0.15) is 0 Å². The molecular weight excluding hydrogens is 431 g/mol. The molecule has 3 aromatic rings. The van der Waals surface area contributed by atoms with E-state index in [1.807, 2.05) is 6.92 Å². The maximum atomic E-state index is 13.1. The first-order valence-electron chi connectivity index (χ1n) is 9.10. The van der Waals surface area contributed by atoms with Crippen LogP contribution in [0.5, 0.6) is 0 Å². The van der Waals surface area contributed by atoms with Crippen molar-refractivity contribution >= 4 is 57.3 Å². The monoisotopic (exact) mass is 448 g/mol. The van der Waals surface area contributed by atoms with Gasteiger partial charge in [0.2, 0.25) is 5.91 Å². The minimum Gasteiger partial charge on any atom is -0.360 e. The van der Waals surface area contributed by atoms with Gasteiger partial charge in [0.1, 0.15) is 6.54 Å². The number of amides is 2. The number of anilines is 1. The van der Waals surface area contributed by atoms with Crippen LogP contribution in [0.25, 0.3) is 10.9 Å². The number of non-ortho nitro benzene ring substituents is 1. The Hall–Kier alpha value is -3.10. The smallest absolute Gasteiger partial charge is 0.270 e. The molecule has 0 saturated carbocycles. The number of H-pyrrole nitrogens is 1. The summed E-state index contributed by atoms with van der Waals surface area (Å²) >= 11 is 12.0. The van der Waals surface area contributed by atoms with Crippen molar-refractivity contribution in [2.45, 2.75) is 13.3 Å². The highest BCUT2D eigenvalue weighted by Gasteiger charge is 2.22. The van der Waals surface area contributed by atoms with Crippen molar-refractivity contribution in [2.24, 2.45) is 0 Å². The standard InChI is InChI=1S/C20H18Cl2N4O4/c1-2-7-25(11-19(27)24-18-8-12(21)3-5-16(18)22)20(28)15-10-23-17-6-4-13(26(29)30)9-14(15)17/h3-6,8-10,23H,2,7,11H2,1H3,(H,24,27). The van der Waals surface area contributed by atoms with E-state index in [1.165, 1.54) is 29.3 Å². The molecule has 0 aliphatic rings. The Balaban J connectivity index is 1.83. The third-order valence-electron chi connectivity index (χ3n) is 4.42. The van der Waals surface area contributed by atoms with E-state index in [0.29, 0.717) is 39.6 Å². The van der Waals surface area contributed by atoms with Crippen LogP contribution in [-0.4, -0.2) is 39.7 Å². The van der Waals surface area contributed by atoms with Crippen LogP contribution < -0.4 is 5.32 Å². The summed E-state index contributed by atoms with van der Waals surface area (Å²) < 4.78 is 0. The molecule has 0 atom stereocenters. The first kappa shape index (κ1) is 21.6. The number of hydrogen-bond acceptors (Lipinski definition) is 4. The summed E-state index contributed by atoms with van der Waals surface area (Å²) in [6.07, 6.45) is 2.12. The third-order valence-corrected chi connectivity index (χ3v) is 4.99. The highest BCUT2D eigenvalue weighted by atomic mass is 35.5. The second-order valence-electron chi connectivity index (χ2n) is 6.59. The van der Waals surface area contributed by atoms with E-state index >= 15 is 0 Å². The molecule has 3 rings (SSSR count). The lowest BCUT2D eigenvalue weighted by Gasteiger charge is -2.21. The van der Waals surface area contributed by atoms with Crippen LogP contribution in [0, 0.1) is 10.1 Å². The van der Waals surface area contributed by atoms with Gasteiger partial charge in [-0.15, -0.1) is 0 Å². The van der Waals surface area contributed by atoms with Crippen molar-refractivity contribution in [1.82, 2.24) is 9.88 Å². The quantitative estimate of drug-likeness (QED) is 0.396. The van der Waals surface area contributed by atoms with Gasteiger partial charge >= 0.3 is 0 Å². The van der Waals surface area contributed by atoms with E-state index in [9.17, 15) is 19.7 Å². The van der Waals surface area contributed by atoms with Crippen LogP contribution in [0.2, 0.25) is 10.0 Å². The molecule has 8 nitrogen and oxygen atoms in total. The Bertz CT molecular complexity index is 1130. The van der Waals surface area contributed by atoms with Gasteiger partial charge in [0, 0.05) is 40.8 Å². The molecule has 0 radical (unpaired) electrons. The molecule has 2 N–H and O–H groups in total. The minimum atomic E-state index is -0.521. The van der Waals surface area contributed by atoms with Crippen LogP contribution in [-0.2, 0) is 4.79 Å². The fourth-order valence-electron chi connectivity index (χ4n) is 3.05. The molecule has 30 heavy (non-hydrogen) atoms. The number of carbonyl (C=O) groups excluding carboxylic acids is 2. The summed E-state index contributed by atoms with van der Waals surface area (Å²) in [5.41, 5.74) is 1.08. The summed E-state index contributed by atoms with van der Waals surface area (Å²) in [4.78, 5) is 40.5. The highest BCUT2D eigenvalue weighted by molar-refractivity contribution is 6.35. The molecule has 156 valence electrons. The number of nitrogens with one attached hydrogen (secondary N) is 2. The fourth-order valence-corrected chi connectivity index (χ4v) is 3.39. The number of benzene rings is 2. The van der Waals surface area contributed by atoms with E-state index < -0.39 is 16.7 Å². The lowest BCUT2D eigenvalue weighted by Crippen LogP contribution is -2.38. The molecule has 0 saturated heterocycles. The molecule has 0 fully saturated rings. The molecule has 10 heteroatoms. The Morgan fingerprint density at radius 1 is 1.20 bits per heavy atom. The second kappa shape index (κ2) is 9.15. The Kier molecular flexibility index (Phi) is 6.59. The fraction of sp³-hybridized carbons (Fsp3) is 0.200. The molecule has 1 aromatic heterocycles. The number of hydrogen-bond donors (Lipinski definition) is 2. The van der Waals surface area contributed by atoms with Gasteiger partial charge < -0.3 is 15.2 Å². The molecule has 0 unspecified atom stereocenters. The van der Waals surface area contributed by atoms with Crippen LogP contribution in [0.1, 0.15) is 23.7 Å². The summed E-state index contributed by atoms with van der Waals surface area (Å²) in [6, 6.07) is 8.93. The first-order valence-corrected chi connectivity index (χ1v) is 9.85. The number of carbonyl (C=O) groups is 2. The van der Waals surface area contributed by atoms with E-state index in [1.54, 1.807) is 18.2 Å². The van der Waals surface area contributed by atoms with Crippen LogP contribution in [0.3, 0.4) is 0 Å². The highest BCUT2D eigenvalue weighted by Crippen LogP contribution is 2.26. The molecule has 0 bridgehead atoms. The average Bonchev–Trinajstić information content (AvgIpc) is 3.13. The average molecular weight is 449 g/mol. The molecule has 2 amide bonds. The maximum Gasteiger partial charge on any atom is 0.270 e.